The molecular weight excluding hydrogens is 310 g/mol. The summed E-state index contributed by atoms with van der Waals surface area (Å²) in [4.78, 5) is 28.3. The van der Waals surface area contributed by atoms with Crippen molar-refractivity contribution in [1.82, 2.24) is 4.98 Å². The lowest BCUT2D eigenvalue weighted by Gasteiger charge is -2.16. The molecule has 0 saturated heterocycles. The van der Waals surface area contributed by atoms with Crippen LogP contribution in [0.1, 0.15) is 25.3 Å². The number of pyridine rings is 1. The van der Waals surface area contributed by atoms with Crippen molar-refractivity contribution in [3.05, 3.63) is 48.2 Å². The third-order valence-corrected chi connectivity index (χ3v) is 3.36. The van der Waals surface area contributed by atoms with Gasteiger partial charge >= 0.3 is 11.9 Å². The van der Waals surface area contributed by atoms with Crippen LogP contribution in [0.5, 0.6) is 5.88 Å². The van der Waals surface area contributed by atoms with Crippen molar-refractivity contribution in [2.24, 2.45) is 0 Å². The first-order valence-electron chi connectivity index (χ1n) is 7.66. The zero-order valence-corrected chi connectivity index (χ0v) is 13.6. The van der Waals surface area contributed by atoms with Crippen molar-refractivity contribution < 1.29 is 24.2 Å². The van der Waals surface area contributed by atoms with Gasteiger partial charge < -0.3 is 14.6 Å². The Morgan fingerprint density at radius 3 is 2.17 bits per heavy atom. The van der Waals surface area contributed by atoms with Crippen molar-refractivity contribution in [1.29, 1.82) is 0 Å². The molecule has 1 aromatic carbocycles. The quantitative estimate of drug-likeness (QED) is 0.648. The number of nitrogens with zero attached hydrogens (tertiary/aromatic N) is 1. The number of benzene rings is 1. The molecule has 6 nitrogen and oxygen atoms in total. The average molecular weight is 329 g/mol. The van der Waals surface area contributed by atoms with E-state index >= 15 is 0 Å². The first-order valence-corrected chi connectivity index (χ1v) is 7.66. The Morgan fingerprint density at radius 2 is 1.62 bits per heavy atom. The summed E-state index contributed by atoms with van der Waals surface area (Å²) in [5, 5.41) is 10.1. The van der Waals surface area contributed by atoms with Crippen LogP contribution in [0.15, 0.2) is 42.6 Å². The Labute approximate surface area is 140 Å². The summed E-state index contributed by atoms with van der Waals surface area (Å²) < 4.78 is 9.90. The number of esters is 2. The van der Waals surface area contributed by atoms with E-state index in [9.17, 15) is 14.7 Å². The van der Waals surface area contributed by atoms with Gasteiger partial charge in [-0.1, -0.05) is 30.3 Å². The molecule has 0 saturated carbocycles. The molecule has 0 amide bonds. The fourth-order valence-corrected chi connectivity index (χ4v) is 2.28. The number of ether oxygens (including phenoxy) is 2. The molecule has 2 rings (SSSR count). The maximum atomic E-state index is 12.2. The first kappa shape index (κ1) is 17.5. The lowest BCUT2D eigenvalue weighted by Crippen LogP contribution is -2.26. The summed E-state index contributed by atoms with van der Waals surface area (Å²) in [6.07, 6.45) is 1.47. The second kappa shape index (κ2) is 8.10. The minimum Gasteiger partial charge on any atom is -0.493 e. The van der Waals surface area contributed by atoms with Crippen molar-refractivity contribution in [3.63, 3.8) is 0 Å². The highest BCUT2D eigenvalue weighted by atomic mass is 16.6. The van der Waals surface area contributed by atoms with Crippen molar-refractivity contribution in [2.45, 2.75) is 19.8 Å². The second-order valence-corrected chi connectivity index (χ2v) is 4.94. The van der Waals surface area contributed by atoms with Gasteiger partial charge in [-0.2, -0.15) is 0 Å². The molecule has 1 aromatic heterocycles. The van der Waals surface area contributed by atoms with Gasteiger partial charge in [-0.15, -0.1) is 0 Å². The van der Waals surface area contributed by atoms with Gasteiger partial charge in [0.25, 0.3) is 0 Å². The first-order chi connectivity index (χ1) is 11.6. The fraction of sp³-hybridized carbons (Fsp3) is 0.278. The molecular formula is C18H19NO5. The molecule has 2 aromatic rings. The molecule has 24 heavy (non-hydrogen) atoms. The van der Waals surface area contributed by atoms with Crippen molar-refractivity contribution >= 4 is 11.9 Å². The molecule has 126 valence electrons. The van der Waals surface area contributed by atoms with Crippen molar-refractivity contribution in [2.75, 3.05) is 13.2 Å². The lowest BCUT2D eigenvalue weighted by atomic mass is 9.97. The third kappa shape index (κ3) is 3.90. The number of carbonyl (C=O) groups is 2. The third-order valence-electron chi connectivity index (χ3n) is 3.36. The smallest absolute Gasteiger partial charge is 0.325 e. The molecule has 1 heterocycles. The van der Waals surface area contributed by atoms with Crippen LogP contribution in [0.2, 0.25) is 0 Å². The highest BCUT2D eigenvalue weighted by Crippen LogP contribution is 2.30. The number of aromatic nitrogens is 1. The van der Waals surface area contributed by atoms with Crippen molar-refractivity contribution in [3.8, 4) is 17.0 Å². The van der Waals surface area contributed by atoms with Crippen LogP contribution in [0.4, 0.5) is 0 Å². The van der Waals surface area contributed by atoms with Crippen LogP contribution in [-0.2, 0) is 19.1 Å². The summed E-state index contributed by atoms with van der Waals surface area (Å²) in [5.74, 6) is -3.33. The molecule has 0 radical (unpaired) electrons. The van der Waals surface area contributed by atoms with E-state index < -0.39 is 23.7 Å². The maximum absolute atomic E-state index is 12.2. The summed E-state index contributed by atoms with van der Waals surface area (Å²) in [7, 11) is 0. The van der Waals surface area contributed by atoms with Crippen LogP contribution in [0.25, 0.3) is 11.1 Å². The van der Waals surface area contributed by atoms with Gasteiger partial charge in [0.05, 0.1) is 13.2 Å². The normalized spacial score (nSPS) is 10.5. The molecule has 6 heteroatoms. The maximum Gasteiger partial charge on any atom is 0.325 e. The Morgan fingerprint density at radius 1 is 1.04 bits per heavy atom. The van der Waals surface area contributed by atoms with Gasteiger partial charge in [-0.3, -0.25) is 9.59 Å². The molecule has 1 N–H and O–H groups in total. The van der Waals surface area contributed by atoms with Gasteiger partial charge in [0.15, 0.2) is 5.92 Å². The zero-order valence-electron chi connectivity index (χ0n) is 13.6. The highest BCUT2D eigenvalue weighted by molar-refractivity contribution is 6.01. The van der Waals surface area contributed by atoms with Gasteiger partial charge in [-0.05, 0) is 25.5 Å². The van der Waals surface area contributed by atoms with Crippen LogP contribution in [0.3, 0.4) is 0 Å². The van der Waals surface area contributed by atoms with E-state index in [0.717, 1.165) is 5.56 Å². The number of aromatic hydroxyl groups is 1. The van der Waals surface area contributed by atoms with E-state index in [0.29, 0.717) is 5.56 Å². The second-order valence-electron chi connectivity index (χ2n) is 4.94. The summed E-state index contributed by atoms with van der Waals surface area (Å²) in [6.45, 7) is 3.50. The number of carbonyl (C=O) groups excluding carboxylic acids is 2. The number of rotatable bonds is 6. The number of hydrogen-bond donors (Lipinski definition) is 1. The number of hydrogen-bond acceptors (Lipinski definition) is 6. The summed E-state index contributed by atoms with van der Waals surface area (Å²) >= 11 is 0. The topological polar surface area (TPSA) is 85.7 Å². The monoisotopic (exact) mass is 329 g/mol. The zero-order chi connectivity index (χ0) is 17.5. The van der Waals surface area contributed by atoms with Crippen LogP contribution < -0.4 is 0 Å². The van der Waals surface area contributed by atoms with E-state index in [1.54, 1.807) is 19.9 Å². The van der Waals surface area contributed by atoms with E-state index in [1.807, 2.05) is 30.3 Å². The molecule has 0 aliphatic rings. The molecule has 0 atom stereocenters. The Bertz CT molecular complexity index is 697. The Balaban J connectivity index is 2.48. The van der Waals surface area contributed by atoms with Gasteiger partial charge in [0, 0.05) is 17.3 Å². The standard InChI is InChI=1S/C18H19NO5/c1-3-23-17(21)15(18(22)24-4-2)14-10-13(11-19-16(14)20)12-8-6-5-7-9-12/h5-11,15H,3-4H2,1-2H3,(H,19,20). The van der Waals surface area contributed by atoms with Gasteiger partial charge in [-0.25, -0.2) is 4.98 Å². The summed E-state index contributed by atoms with van der Waals surface area (Å²) in [5.41, 5.74) is 1.58. The van der Waals surface area contributed by atoms with E-state index in [-0.39, 0.29) is 18.8 Å². The highest BCUT2D eigenvalue weighted by Gasteiger charge is 2.34. The van der Waals surface area contributed by atoms with Gasteiger partial charge in [0.1, 0.15) is 0 Å². The molecule has 0 spiro atoms. The lowest BCUT2D eigenvalue weighted by molar-refractivity contribution is -0.157. The average Bonchev–Trinajstić information content (AvgIpc) is 2.58. The summed E-state index contributed by atoms with van der Waals surface area (Å²) in [6, 6.07) is 10.9. The van der Waals surface area contributed by atoms with E-state index in [2.05, 4.69) is 4.98 Å². The predicted molar refractivity (Wildman–Crippen MR) is 87.3 cm³/mol. The minimum atomic E-state index is -1.37. The Kier molecular flexibility index (Phi) is 5.89. The van der Waals surface area contributed by atoms with Gasteiger partial charge in [0.2, 0.25) is 5.88 Å². The molecule has 0 aliphatic heterocycles. The SMILES string of the molecule is CCOC(=O)C(C(=O)OCC)c1cc(-c2ccccc2)cnc1O. The predicted octanol–water partition coefficient (Wildman–Crippen LogP) is 2.66. The van der Waals surface area contributed by atoms with Crippen LogP contribution in [-0.4, -0.2) is 35.2 Å². The van der Waals surface area contributed by atoms with E-state index in [1.165, 1.54) is 6.20 Å². The molecule has 0 bridgehead atoms. The minimum absolute atomic E-state index is 0.0632. The largest absolute Gasteiger partial charge is 0.493 e. The van der Waals surface area contributed by atoms with E-state index in [4.69, 9.17) is 9.47 Å². The van der Waals surface area contributed by atoms with Crippen LogP contribution in [0, 0.1) is 0 Å². The molecule has 0 fully saturated rings. The Hall–Kier alpha value is -2.89. The fourth-order valence-electron chi connectivity index (χ4n) is 2.28. The van der Waals surface area contributed by atoms with Crippen LogP contribution >= 0.6 is 0 Å². The molecule has 0 unspecified atom stereocenters. The molecule has 0 aliphatic carbocycles.